The SMILES string of the molecule is COc1ccccc1C(C#N)C1CCNC1. The first-order chi connectivity index (χ1) is 7.86. The van der Waals surface area contributed by atoms with Crippen LogP contribution in [0.15, 0.2) is 24.3 Å². The number of para-hydroxylation sites is 1. The molecule has 16 heavy (non-hydrogen) atoms. The molecule has 84 valence electrons. The molecule has 1 heterocycles. The maximum absolute atomic E-state index is 9.33. The number of nitrogens with one attached hydrogen (secondary N) is 1. The highest BCUT2D eigenvalue weighted by molar-refractivity contribution is 5.39. The van der Waals surface area contributed by atoms with Gasteiger partial charge in [-0.1, -0.05) is 18.2 Å². The van der Waals surface area contributed by atoms with Crippen LogP contribution in [0.25, 0.3) is 0 Å². The molecule has 0 aromatic heterocycles. The highest BCUT2D eigenvalue weighted by Gasteiger charge is 2.27. The van der Waals surface area contributed by atoms with Gasteiger partial charge < -0.3 is 10.1 Å². The van der Waals surface area contributed by atoms with Gasteiger partial charge in [-0.15, -0.1) is 0 Å². The van der Waals surface area contributed by atoms with Gasteiger partial charge in [-0.3, -0.25) is 0 Å². The number of nitriles is 1. The second-order valence-electron chi connectivity index (χ2n) is 4.10. The van der Waals surface area contributed by atoms with Gasteiger partial charge in [0, 0.05) is 5.56 Å². The summed E-state index contributed by atoms with van der Waals surface area (Å²) in [7, 11) is 1.65. The van der Waals surface area contributed by atoms with E-state index in [1.807, 2.05) is 24.3 Å². The predicted molar refractivity (Wildman–Crippen MR) is 62.3 cm³/mol. The largest absolute Gasteiger partial charge is 0.496 e. The van der Waals surface area contributed by atoms with E-state index in [4.69, 9.17) is 4.74 Å². The van der Waals surface area contributed by atoms with Crippen LogP contribution in [0.4, 0.5) is 0 Å². The van der Waals surface area contributed by atoms with Crippen LogP contribution in [-0.4, -0.2) is 20.2 Å². The molecule has 1 aromatic rings. The lowest BCUT2D eigenvalue weighted by atomic mass is 9.86. The maximum atomic E-state index is 9.33. The van der Waals surface area contributed by atoms with E-state index in [2.05, 4.69) is 11.4 Å². The van der Waals surface area contributed by atoms with Crippen LogP contribution in [-0.2, 0) is 0 Å². The summed E-state index contributed by atoms with van der Waals surface area (Å²) < 4.78 is 5.32. The third kappa shape index (κ3) is 2.02. The minimum atomic E-state index is -0.0638. The summed E-state index contributed by atoms with van der Waals surface area (Å²) in [5, 5.41) is 12.6. The van der Waals surface area contributed by atoms with Gasteiger partial charge in [0.15, 0.2) is 0 Å². The topological polar surface area (TPSA) is 45.0 Å². The second-order valence-corrected chi connectivity index (χ2v) is 4.10. The van der Waals surface area contributed by atoms with Crippen molar-refractivity contribution in [2.24, 2.45) is 5.92 Å². The number of hydrogen-bond acceptors (Lipinski definition) is 3. The monoisotopic (exact) mass is 216 g/mol. The fourth-order valence-corrected chi connectivity index (χ4v) is 2.31. The molecule has 0 spiro atoms. The standard InChI is InChI=1S/C13H16N2O/c1-16-13-5-3-2-4-11(13)12(8-14)10-6-7-15-9-10/h2-5,10,12,15H,6-7,9H2,1H3. The fraction of sp³-hybridized carbons (Fsp3) is 0.462. The Morgan fingerprint density at radius 1 is 1.50 bits per heavy atom. The lowest BCUT2D eigenvalue weighted by Gasteiger charge is -2.18. The molecule has 0 bridgehead atoms. The first-order valence-corrected chi connectivity index (χ1v) is 5.60. The average Bonchev–Trinajstić information content (AvgIpc) is 2.84. The zero-order valence-corrected chi connectivity index (χ0v) is 9.44. The minimum absolute atomic E-state index is 0.0638. The molecule has 2 unspecified atom stereocenters. The van der Waals surface area contributed by atoms with Crippen molar-refractivity contribution in [3.05, 3.63) is 29.8 Å². The van der Waals surface area contributed by atoms with Crippen LogP contribution in [0.1, 0.15) is 17.9 Å². The van der Waals surface area contributed by atoms with Crippen molar-refractivity contribution in [2.75, 3.05) is 20.2 Å². The lowest BCUT2D eigenvalue weighted by Crippen LogP contribution is -2.16. The third-order valence-electron chi connectivity index (χ3n) is 3.18. The number of methoxy groups -OCH3 is 1. The van der Waals surface area contributed by atoms with Crippen LogP contribution in [0.2, 0.25) is 0 Å². The Morgan fingerprint density at radius 3 is 2.94 bits per heavy atom. The molecule has 0 amide bonds. The Hall–Kier alpha value is -1.53. The molecule has 1 aliphatic rings. The Bertz CT molecular complexity index is 391. The van der Waals surface area contributed by atoms with Gasteiger partial charge in [0.1, 0.15) is 5.75 Å². The van der Waals surface area contributed by atoms with Crippen LogP contribution >= 0.6 is 0 Å². The van der Waals surface area contributed by atoms with Gasteiger partial charge in [0.05, 0.1) is 19.1 Å². The summed E-state index contributed by atoms with van der Waals surface area (Å²) in [6.07, 6.45) is 1.07. The number of ether oxygens (including phenoxy) is 1. The van der Waals surface area contributed by atoms with E-state index in [0.29, 0.717) is 5.92 Å². The van der Waals surface area contributed by atoms with Gasteiger partial charge in [-0.2, -0.15) is 5.26 Å². The van der Waals surface area contributed by atoms with Gasteiger partial charge in [0.2, 0.25) is 0 Å². The number of nitrogens with zero attached hydrogens (tertiary/aromatic N) is 1. The van der Waals surface area contributed by atoms with Crippen LogP contribution in [0.3, 0.4) is 0 Å². The van der Waals surface area contributed by atoms with Gasteiger partial charge in [-0.05, 0) is 31.5 Å². The molecule has 1 saturated heterocycles. The van der Waals surface area contributed by atoms with Crippen molar-refractivity contribution in [2.45, 2.75) is 12.3 Å². The van der Waals surface area contributed by atoms with E-state index >= 15 is 0 Å². The van der Waals surface area contributed by atoms with E-state index in [1.54, 1.807) is 7.11 Å². The second kappa shape index (κ2) is 5.00. The zero-order chi connectivity index (χ0) is 11.4. The van der Waals surface area contributed by atoms with Crippen molar-refractivity contribution < 1.29 is 4.74 Å². The number of rotatable bonds is 3. The Balaban J connectivity index is 2.29. The average molecular weight is 216 g/mol. The quantitative estimate of drug-likeness (QED) is 0.839. The Kier molecular flexibility index (Phi) is 3.43. The molecular formula is C13H16N2O. The molecule has 1 aliphatic heterocycles. The van der Waals surface area contributed by atoms with Crippen molar-refractivity contribution in [1.29, 1.82) is 5.26 Å². The number of benzene rings is 1. The molecule has 3 nitrogen and oxygen atoms in total. The molecule has 1 N–H and O–H groups in total. The molecule has 2 atom stereocenters. The fourth-order valence-electron chi connectivity index (χ4n) is 2.31. The normalized spacial score (nSPS) is 21.4. The van der Waals surface area contributed by atoms with Crippen molar-refractivity contribution >= 4 is 0 Å². The van der Waals surface area contributed by atoms with Crippen LogP contribution in [0.5, 0.6) is 5.75 Å². The summed E-state index contributed by atoms with van der Waals surface area (Å²) in [5.41, 5.74) is 1.02. The molecule has 2 rings (SSSR count). The first kappa shape index (κ1) is 11.0. The van der Waals surface area contributed by atoms with Crippen LogP contribution < -0.4 is 10.1 Å². The predicted octanol–water partition coefficient (Wildman–Crippen LogP) is 1.91. The summed E-state index contributed by atoms with van der Waals surface area (Å²) in [6.45, 7) is 1.94. The molecule has 3 heteroatoms. The molecular weight excluding hydrogens is 200 g/mol. The van der Waals surface area contributed by atoms with Crippen LogP contribution in [0, 0.1) is 17.2 Å². The van der Waals surface area contributed by atoms with E-state index in [-0.39, 0.29) is 5.92 Å². The summed E-state index contributed by atoms with van der Waals surface area (Å²) >= 11 is 0. The van der Waals surface area contributed by atoms with E-state index in [9.17, 15) is 5.26 Å². The molecule has 1 fully saturated rings. The molecule has 0 saturated carbocycles. The molecule has 0 radical (unpaired) electrons. The van der Waals surface area contributed by atoms with E-state index in [0.717, 1.165) is 30.8 Å². The molecule has 0 aliphatic carbocycles. The van der Waals surface area contributed by atoms with Gasteiger partial charge >= 0.3 is 0 Å². The van der Waals surface area contributed by atoms with Gasteiger partial charge in [0.25, 0.3) is 0 Å². The van der Waals surface area contributed by atoms with E-state index < -0.39 is 0 Å². The van der Waals surface area contributed by atoms with E-state index in [1.165, 1.54) is 0 Å². The van der Waals surface area contributed by atoms with Gasteiger partial charge in [-0.25, -0.2) is 0 Å². The highest BCUT2D eigenvalue weighted by Crippen LogP contribution is 2.33. The smallest absolute Gasteiger partial charge is 0.123 e. The highest BCUT2D eigenvalue weighted by atomic mass is 16.5. The lowest BCUT2D eigenvalue weighted by molar-refractivity contribution is 0.401. The van der Waals surface area contributed by atoms with Crippen molar-refractivity contribution in [1.82, 2.24) is 5.32 Å². The minimum Gasteiger partial charge on any atom is -0.496 e. The molecule has 1 aromatic carbocycles. The summed E-state index contributed by atoms with van der Waals surface area (Å²) in [6, 6.07) is 10.2. The Morgan fingerprint density at radius 2 is 2.31 bits per heavy atom. The summed E-state index contributed by atoms with van der Waals surface area (Å²) in [5.74, 6) is 1.16. The van der Waals surface area contributed by atoms with Crippen molar-refractivity contribution in [3.63, 3.8) is 0 Å². The first-order valence-electron chi connectivity index (χ1n) is 5.60. The Labute approximate surface area is 96.0 Å². The maximum Gasteiger partial charge on any atom is 0.123 e. The third-order valence-corrected chi connectivity index (χ3v) is 3.18. The number of hydrogen-bond donors (Lipinski definition) is 1. The summed E-state index contributed by atoms with van der Waals surface area (Å²) in [4.78, 5) is 0. The van der Waals surface area contributed by atoms with Crippen molar-refractivity contribution in [3.8, 4) is 11.8 Å². The zero-order valence-electron chi connectivity index (χ0n) is 9.44.